The number of nitrogens with one attached hydrogen (secondary N) is 1. The summed E-state index contributed by atoms with van der Waals surface area (Å²) >= 11 is 0. The summed E-state index contributed by atoms with van der Waals surface area (Å²) in [4.78, 5) is 6.97. The summed E-state index contributed by atoms with van der Waals surface area (Å²) in [6, 6.07) is 12.0. The number of H-pyrrole nitrogens is 1. The maximum absolute atomic E-state index is 14.1. The number of rotatable bonds is 3. The smallest absolute Gasteiger partial charge is 0.144 e. The van der Waals surface area contributed by atoms with Gasteiger partial charge >= 0.3 is 0 Å². The average Bonchev–Trinajstić information content (AvgIpc) is 3.08. The van der Waals surface area contributed by atoms with Crippen molar-refractivity contribution in [2.24, 2.45) is 0 Å². The third-order valence-corrected chi connectivity index (χ3v) is 4.48. The molecule has 0 spiro atoms. The normalized spacial score (nSPS) is 11.0. The van der Waals surface area contributed by atoms with Gasteiger partial charge in [-0.05, 0) is 35.9 Å². The van der Waals surface area contributed by atoms with E-state index < -0.39 is 23.3 Å². The molecular weight excluding hydrogens is 370 g/mol. The highest BCUT2D eigenvalue weighted by atomic mass is 19.1. The third kappa shape index (κ3) is 2.89. The van der Waals surface area contributed by atoms with Crippen molar-refractivity contribution in [3.05, 3.63) is 88.5 Å². The maximum Gasteiger partial charge on any atom is 0.144 e. The Kier molecular flexibility index (Phi) is 4.32. The quantitative estimate of drug-likeness (QED) is 0.493. The summed E-state index contributed by atoms with van der Waals surface area (Å²) in [5.74, 6) is -3.12. The number of hydrogen-bond donors (Lipinski definition) is 1. The van der Waals surface area contributed by atoms with Gasteiger partial charge < -0.3 is 4.98 Å². The first kappa shape index (κ1) is 17.7. The number of nitrogens with zero attached hydrogens (tertiary/aromatic N) is 2. The molecule has 4 aromatic rings. The molecule has 0 aliphatic heterocycles. The summed E-state index contributed by atoms with van der Waals surface area (Å²) in [6.45, 7) is 0. The van der Waals surface area contributed by atoms with Crippen molar-refractivity contribution in [3.63, 3.8) is 0 Å². The fourth-order valence-electron chi connectivity index (χ4n) is 3.12. The van der Waals surface area contributed by atoms with Crippen molar-refractivity contribution in [2.45, 2.75) is 6.42 Å². The van der Waals surface area contributed by atoms with Crippen LogP contribution in [0, 0.1) is 34.6 Å². The Bertz CT molecular complexity index is 1210. The zero-order valence-corrected chi connectivity index (χ0v) is 14.2. The monoisotopic (exact) mass is 381 g/mol. The van der Waals surface area contributed by atoms with Crippen molar-refractivity contribution in [1.82, 2.24) is 9.97 Å². The molecular formula is C21H11F4N3. The molecule has 1 heterocycles. The number of nitriles is 1. The van der Waals surface area contributed by atoms with Crippen LogP contribution in [-0.4, -0.2) is 9.97 Å². The van der Waals surface area contributed by atoms with Crippen molar-refractivity contribution >= 4 is 11.0 Å². The number of hydrogen-bond acceptors (Lipinski definition) is 2. The molecule has 138 valence electrons. The molecule has 0 saturated heterocycles. The minimum absolute atomic E-state index is 0.0728. The Hall–Kier alpha value is -3.66. The lowest BCUT2D eigenvalue weighted by molar-refractivity contribution is 0.561. The predicted octanol–water partition coefficient (Wildman–Crippen LogP) is 5.25. The Labute approximate surface area is 156 Å². The highest BCUT2D eigenvalue weighted by Gasteiger charge is 2.19. The SMILES string of the molecule is N#Cc1c(Cc2c(F)cccc2F)ccc2[nH]c(-c3c(F)cccc3F)nc12. The molecule has 1 N–H and O–H groups in total. The molecule has 0 atom stereocenters. The largest absolute Gasteiger partial charge is 0.338 e. The van der Waals surface area contributed by atoms with Gasteiger partial charge in [0.2, 0.25) is 0 Å². The van der Waals surface area contributed by atoms with E-state index in [0.29, 0.717) is 11.1 Å². The Morgan fingerprint density at radius 2 is 1.46 bits per heavy atom. The van der Waals surface area contributed by atoms with Gasteiger partial charge in [0.15, 0.2) is 0 Å². The summed E-state index contributed by atoms with van der Waals surface area (Å²) < 4.78 is 56.1. The van der Waals surface area contributed by atoms with Gasteiger partial charge in [0.1, 0.15) is 40.7 Å². The lowest BCUT2D eigenvalue weighted by atomic mass is 9.98. The van der Waals surface area contributed by atoms with E-state index in [1.54, 1.807) is 6.07 Å². The van der Waals surface area contributed by atoms with Gasteiger partial charge in [-0.2, -0.15) is 5.26 Å². The zero-order chi connectivity index (χ0) is 19.8. The molecule has 0 bridgehead atoms. The fourth-order valence-corrected chi connectivity index (χ4v) is 3.12. The van der Waals surface area contributed by atoms with Crippen LogP contribution in [0.15, 0.2) is 48.5 Å². The molecule has 4 rings (SSSR count). The van der Waals surface area contributed by atoms with E-state index in [2.05, 4.69) is 9.97 Å². The molecule has 0 unspecified atom stereocenters. The van der Waals surface area contributed by atoms with Gasteiger partial charge in [0.05, 0.1) is 16.6 Å². The van der Waals surface area contributed by atoms with Crippen LogP contribution in [0.3, 0.4) is 0 Å². The first-order chi connectivity index (χ1) is 13.5. The summed E-state index contributed by atoms with van der Waals surface area (Å²) in [5, 5.41) is 9.58. The van der Waals surface area contributed by atoms with Gasteiger partial charge in [-0.15, -0.1) is 0 Å². The minimum atomic E-state index is -0.800. The molecule has 28 heavy (non-hydrogen) atoms. The van der Waals surface area contributed by atoms with Crippen LogP contribution in [0.4, 0.5) is 17.6 Å². The van der Waals surface area contributed by atoms with Gasteiger partial charge in [-0.25, -0.2) is 22.5 Å². The predicted molar refractivity (Wildman–Crippen MR) is 95.3 cm³/mol. The standard InChI is InChI=1S/C21H11F4N3/c22-14-3-1-4-15(23)12(14)9-11-7-8-18-20(13(11)10-26)28-21(27-18)19-16(24)5-2-6-17(19)25/h1-8H,9H2,(H,27,28). The second-order valence-corrected chi connectivity index (χ2v) is 6.17. The van der Waals surface area contributed by atoms with Crippen molar-refractivity contribution in [3.8, 4) is 17.5 Å². The van der Waals surface area contributed by atoms with Crippen LogP contribution in [0.5, 0.6) is 0 Å². The van der Waals surface area contributed by atoms with Crippen LogP contribution in [0.1, 0.15) is 16.7 Å². The topological polar surface area (TPSA) is 52.5 Å². The molecule has 3 aromatic carbocycles. The molecule has 3 nitrogen and oxygen atoms in total. The number of benzene rings is 3. The van der Waals surface area contributed by atoms with Crippen LogP contribution >= 0.6 is 0 Å². The third-order valence-electron chi connectivity index (χ3n) is 4.48. The van der Waals surface area contributed by atoms with E-state index in [4.69, 9.17) is 0 Å². The Morgan fingerprint density at radius 3 is 2.07 bits per heavy atom. The first-order valence-corrected chi connectivity index (χ1v) is 8.28. The molecule has 0 aliphatic rings. The zero-order valence-electron chi connectivity index (χ0n) is 14.2. The van der Waals surface area contributed by atoms with Gasteiger partial charge in [0, 0.05) is 12.0 Å². The van der Waals surface area contributed by atoms with Crippen molar-refractivity contribution in [1.29, 1.82) is 5.26 Å². The minimum Gasteiger partial charge on any atom is -0.338 e. The van der Waals surface area contributed by atoms with Gasteiger partial charge in [-0.1, -0.05) is 18.2 Å². The number of fused-ring (bicyclic) bond motifs is 1. The molecule has 0 saturated carbocycles. The molecule has 0 amide bonds. The summed E-state index contributed by atoms with van der Waals surface area (Å²) in [5.41, 5.74) is 0.477. The fraction of sp³-hybridized carbons (Fsp3) is 0.0476. The van der Waals surface area contributed by atoms with Gasteiger partial charge in [0.25, 0.3) is 0 Å². The first-order valence-electron chi connectivity index (χ1n) is 8.28. The molecule has 0 fully saturated rings. The average molecular weight is 381 g/mol. The number of imidazole rings is 1. The van der Waals surface area contributed by atoms with E-state index in [1.807, 2.05) is 6.07 Å². The van der Waals surface area contributed by atoms with E-state index in [1.165, 1.54) is 18.2 Å². The van der Waals surface area contributed by atoms with Crippen LogP contribution in [0.2, 0.25) is 0 Å². The highest BCUT2D eigenvalue weighted by Crippen LogP contribution is 2.29. The lowest BCUT2D eigenvalue weighted by Gasteiger charge is -2.07. The maximum atomic E-state index is 14.1. The summed E-state index contributed by atoms with van der Waals surface area (Å²) in [7, 11) is 0. The van der Waals surface area contributed by atoms with Crippen molar-refractivity contribution in [2.75, 3.05) is 0 Å². The van der Waals surface area contributed by atoms with E-state index >= 15 is 0 Å². The second-order valence-electron chi connectivity index (χ2n) is 6.17. The number of halogens is 4. The number of aromatic nitrogens is 2. The molecule has 0 radical (unpaired) electrons. The van der Waals surface area contributed by atoms with Crippen LogP contribution in [-0.2, 0) is 6.42 Å². The van der Waals surface area contributed by atoms with Crippen LogP contribution < -0.4 is 0 Å². The van der Waals surface area contributed by atoms with E-state index in [0.717, 1.165) is 24.3 Å². The molecule has 7 heteroatoms. The molecule has 0 aliphatic carbocycles. The van der Waals surface area contributed by atoms with Crippen molar-refractivity contribution < 1.29 is 17.6 Å². The Balaban J connectivity index is 1.87. The van der Waals surface area contributed by atoms with Crippen LogP contribution in [0.25, 0.3) is 22.4 Å². The second kappa shape index (κ2) is 6.82. The lowest BCUT2D eigenvalue weighted by Crippen LogP contribution is -1.99. The Morgan fingerprint density at radius 1 is 0.857 bits per heavy atom. The van der Waals surface area contributed by atoms with E-state index in [9.17, 15) is 22.8 Å². The van der Waals surface area contributed by atoms with E-state index in [-0.39, 0.29) is 34.5 Å². The molecule has 1 aromatic heterocycles. The van der Waals surface area contributed by atoms with Gasteiger partial charge in [-0.3, -0.25) is 0 Å². The summed E-state index contributed by atoms with van der Waals surface area (Å²) in [6.07, 6.45) is -0.159. The number of aromatic amines is 1. The highest BCUT2D eigenvalue weighted by molar-refractivity contribution is 5.86.